The minimum Gasteiger partial charge on any atom is -0.312 e. The lowest BCUT2D eigenvalue weighted by Gasteiger charge is -2.19. The average molecular weight is 177 g/mol. The summed E-state index contributed by atoms with van der Waals surface area (Å²) in [6, 6.07) is 0. The molecule has 0 aromatic carbocycles. The molecule has 1 heterocycles. The Morgan fingerprint density at radius 1 is 1.69 bits per heavy atom. The van der Waals surface area contributed by atoms with Crippen molar-refractivity contribution in [3.63, 3.8) is 0 Å². The molecule has 0 amide bonds. The lowest BCUT2D eigenvalue weighted by Crippen LogP contribution is -2.16. The Kier molecular flexibility index (Phi) is 2.29. The Morgan fingerprint density at radius 3 is 3.08 bits per heavy atom. The summed E-state index contributed by atoms with van der Waals surface area (Å²) in [6.07, 6.45) is 3.72. The van der Waals surface area contributed by atoms with Gasteiger partial charge in [0.1, 0.15) is 0 Å². The van der Waals surface area contributed by atoms with E-state index in [2.05, 4.69) is 31.8 Å². The van der Waals surface area contributed by atoms with Crippen LogP contribution in [0.3, 0.4) is 0 Å². The Bertz CT molecular complexity index is 252. The average Bonchev–Trinajstić information content (AvgIpc) is 2.68. The molecule has 0 radical (unpaired) electrons. The standard InChI is InChI=1S/C12H19N/c1-4-8(2)11-5-10-6-13-7-12(10)9(11)3/h5,8,11-13H,3-4,6-7H2,1-2H3. The molecule has 1 aliphatic heterocycles. The Morgan fingerprint density at radius 2 is 2.46 bits per heavy atom. The second kappa shape index (κ2) is 3.30. The molecule has 1 N–H and O–H groups in total. The zero-order valence-corrected chi connectivity index (χ0v) is 8.64. The van der Waals surface area contributed by atoms with Crippen molar-refractivity contribution in [2.24, 2.45) is 17.8 Å². The molecule has 0 aromatic heterocycles. The zero-order valence-electron chi connectivity index (χ0n) is 8.64. The molecule has 1 fully saturated rings. The summed E-state index contributed by atoms with van der Waals surface area (Å²) < 4.78 is 0. The summed E-state index contributed by atoms with van der Waals surface area (Å²) in [4.78, 5) is 0. The predicted molar refractivity (Wildman–Crippen MR) is 56.5 cm³/mol. The summed E-state index contributed by atoms with van der Waals surface area (Å²) in [7, 11) is 0. The molecule has 2 rings (SSSR count). The molecule has 0 saturated carbocycles. The molecule has 1 nitrogen and oxygen atoms in total. The second-order valence-corrected chi connectivity index (χ2v) is 4.41. The van der Waals surface area contributed by atoms with E-state index in [1.54, 1.807) is 5.57 Å². The quantitative estimate of drug-likeness (QED) is 0.638. The van der Waals surface area contributed by atoms with Gasteiger partial charge in [-0.15, -0.1) is 0 Å². The van der Waals surface area contributed by atoms with E-state index in [0.717, 1.165) is 19.0 Å². The van der Waals surface area contributed by atoms with Gasteiger partial charge in [0.15, 0.2) is 0 Å². The summed E-state index contributed by atoms with van der Waals surface area (Å²) in [5.74, 6) is 2.09. The van der Waals surface area contributed by atoms with Crippen LogP contribution in [0.1, 0.15) is 20.3 Å². The Balaban J connectivity index is 2.16. The molecule has 72 valence electrons. The first-order chi connectivity index (χ1) is 6.24. The van der Waals surface area contributed by atoms with Crippen LogP contribution < -0.4 is 5.32 Å². The minimum atomic E-state index is 0.659. The normalized spacial score (nSPS) is 34.6. The number of hydrogen-bond donors (Lipinski definition) is 1. The number of hydrogen-bond acceptors (Lipinski definition) is 1. The third-order valence-electron chi connectivity index (χ3n) is 3.65. The van der Waals surface area contributed by atoms with Crippen LogP contribution in [0.25, 0.3) is 0 Å². The molecule has 13 heavy (non-hydrogen) atoms. The van der Waals surface area contributed by atoms with E-state index in [1.807, 2.05) is 0 Å². The fraction of sp³-hybridized carbons (Fsp3) is 0.667. The third-order valence-corrected chi connectivity index (χ3v) is 3.65. The maximum absolute atomic E-state index is 4.26. The molecule has 1 aliphatic carbocycles. The molecule has 3 atom stereocenters. The summed E-state index contributed by atoms with van der Waals surface area (Å²) >= 11 is 0. The first kappa shape index (κ1) is 9.01. The smallest absolute Gasteiger partial charge is 0.0171 e. The van der Waals surface area contributed by atoms with Crippen LogP contribution in [0.15, 0.2) is 23.8 Å². The third kappa shape index (κ3) is 1.35. The first-order valence-electron chi connectivity index (χ1n) is 5.34. The number of rotatable bonds is 2. The summed E-state index contributed by atoms with van der Waals surface area (Å²) in [5, 5.41) is 3.40. The summed E-state index contributed by atoms with van der Waals surface area (Å²) in [6.45, 7) is 11.1. The van der Waals surface area contributed by atoms with Gasteiger partial charge in [-0.2, -0.15) is 0 Å². The van der Waals surface area contributed by atoms with Crippen molar-refractivity contribution in [1.29, 1.82) is 0 Å². The van der Waals surface area contributed by atoms with Gasteiger partial charge in [0.05, 0.1) is 0 Å². The Hall–Kier alpha value is -0.560. The number of allylic oxidation sites excluding steroid dienone is 1. The Labute approximate surface area is 80.9 Å². The van der Waals surface area contributed by atoms with Gasteiger partial charge in [0, 0.05) is 24.9 Å². The molecule has 0 spiro atoms. The van der Waals surface area contributed by atoms with Gasteiger partial charge >= 0.3 is 0 Å². The minimum absolute atomic E-state index is 0.659. The van der Waals surface area contributed by atoms with Crippen molar-refractivity contribution in [1.82, 2.24) is 5.32 Å². The van der Waals surface area contributed by atoms with Crippen molar-refractivity contribution >= 4 is 0 Å². The van der Waals surface area contributed by atoms with E-state index in [4.69, 9.17) is 0 Å². The molecule has 3 unspecified atom stereocenters. The lowest BCUT2D eigenvalue weighted by atomic mass is 9.86. The van der Waals surface area contributed by atoms with Gasteiger partial charge in [-0.1, -0.05) is 44.1 Å². The summed E-state index contributed by atoms with van der Waals surface area (Å²) in [5.41, 5.74) is 3.05. The highest BCUT2D eigenvalue weighted by Crippen LogP contribution is 2.41. The van der Waals surface area contributed by atoms with E-state index in [0.29, 0.717) is 11.8 Å². The molecule has 0 aromatic rings. The maximum atomic E-state index is 4.26. The lowest BCUT2D eigenvalue weighted by molar-refractivity contribution is 0.457. The fourth-order valence-corrected chi connectivity index (χ4v) is 2.51. The van der Waals surface area contributed by atoms with Gasteiger partial charge in [0.2, 0.25) is 0 Å². The van der Waals surface area contributed by atoms with Crippen LogP contribution in [0.5, 0.6) is 0 Å². The van der Waals surface area contributed by atoms with Crippen LogP contribution in [0.4, 0.5) is 0 Å². The van der Waals surface area contributed by atoms with Crippen molar-refractivity contribution in [3.8, 4) is 0 Å². The maximum Gasteiger partial charge on any atom is 0.0171 e. The number of fused-ring (bicyclic) bond motifs is 1. The topological polar surface area (TPSA) is 12.0 Å². The molecule has 2 aliphatic rings. The monoisotopic (exact) mass is 177 g/mol. The molecule has 1 saturated heterocycles. The second-order valence-electron chi connectivity index (χ2n) is 4.41. The van der Waals surface area contributed by atoms with Crippen molar-refractivity contribution < 1.29 is 0 Å². The highest BCUT2D eigenvalue weighted by molar-refractivity contribution is 5.37. The van der Waals surface area contributed by atoms with Gasteiger partial charge in [-0.25, -0.2) is 0 Å². The van der Waals surface area contributed by atoms with E-state index >= 15 is 0 Å². The van der Waals surface area contributed by atoms with Crippen LogP contribution in [0.2, 0.25) is 0 Å². The van der Waals surface area contributed by atoms with Gasteiger partial charge < -0.3 is 5.32 Å². The van der Waals surface area contributed by atoms with E-state index < -0.39 is 0 Å². The van der Waals surface area contributed by atoms with Crippen LogP contribution in [0, 0.1) is 17.8 Å². The van der Waals surface area contributed by atoms with E-state index in [9.17, 15) is 0 Å². The van der Waals surface area contributed by atoms with Crippen LogP contribution in [-0.2, 0) is 0 Å². The highest BCUT2D eigenvalue weighted by Gasteiger charge is 2.34. The SMILES string of the molecule is C=C1C2CNCC2=CC1C(C)CC. The van der Waals surface area contributed by atoms with Crippen molar-refractivity contribution in [2.45, 2.75) is 20.3 Å². The van der Waals surface area contributed by atoms with Gasteiger partial charge in [0.25, 0.3) is 0 Å². The van der Waals surface area contributed by atoms with Gasteiger partial charge in [-0.3, -0.25) is 0 Å². The van der Waals surface area contributed by atoms with E-state index in [1.165, 1.54) is 12.0 Å². The molecule has 1 heteroatoms. The zero-order chi connectivity index (χ0) is 9.42. The van der Waals surface area contributed by atoms with E-state index in [-0.39, 0.29) is 0 Å². The van der Waals surface area contributed by atoms with Crippen LogP contribution in [-0.4, -0.2) is 13.1 Å². The predicted octanol–water partition coefficient (Wildman–Crippen LogP) is 2.36. The van der Waals surface area contributed by atoms with Crippen molar-refractivity contribution in [2.75, 3.05) is 13.1 Å². The molecule has 0 bridgehead atoms. The largest absolute Gasteiger partial charge is 0.312 e. The van der Waals surface area contributed by atoms with Crippen LogP contribution >= 0.6 is 0 Å². The molecular weight excluding hydrogens is 158 g/mol. The fourth-order valence-electron chi connectivity index (χ4n) is 2.51. The molecular formula is C12H19N. The number of nitrogens with one attached hydrogen (secondary N) is 1. The first-order valence-corrected chi connectivity index (χ1v) is 5.34. The highest BCUT2D eigenvalue weighted by atomic mass is 14.9. The van der Waals surface area contributed by atoms with Crippen molar-refractivity contribution in [3.05, 3.63) is 23.8 Å². The van der Waals surface area contributed by atoms with Gasteiger partial charge in [-0.05, 0) is 5.92 Å².